The molecule has 1 fully saturated rings. The Morgan fingerprint density at radius 3 is 2.72 bits per heavy atom. The molecule has 6 nitrogen and oxygen atoms in total. The molecule has 2 aliphatic rings. The minimum atomic E-state index is -0.994. The van der Waals surface area contributed by atoms with Crippen LogP contribution in [-0.2, 0) is 14.3 Å². The van der Waals surface area contributed by atoms with Crippen LogP contribution in [0, 0.1) is 0 Å². The highest BCUT2D eigenvalue weighted by molar-refractivity contribution is 5.94. The first-order chi connectivity index (χ1) is 14.1. The van der Waals surface area contributed by atoms with Crippen molar-refractivity contribution in [1.29, 1.82) is 0 Å². The molecule has 150 valence electrons. The Balaban J connectivity index is 1.42. The van der Waals surface area contributed by atoms with E-state index >= 15 is 0 Å². The Hall–Kier alpha value is -3.15. The molecule has 0 bridgehead atoms. The van der Waals surface area contributed by atoms with Crippen LogP contribution in [0.3, 0.4) is 0 Å². The van der Waals surface area contributed by atoms with Crippen molar-refractivity contribution in [3.8, 4) is 0 Å². The minimum Gasteiger partial charge on any atom is -0.420 e. The van der Waals surface area contributed by atoms with Crippen molar-refractivity contribution in [3.05, 3.63) is 70.8 Å². The maximum Gasteiger partial charge on any atom is 0.342 e. The largest absolute Gasteiger partial charge is 0.420 e. The summed E-state index contributed by atoms with van der Waals surface area (Å²) in [5, 5.41) is 12.4. The lowest BCUT2D eigenvalue weighted by Crippen LogP contribution is -2.17. The number of carbonyl (C=O) groups is 2. The molecule has 0 saturated heterocycles. The van der Waals surface area contributed by atoms with Crippen molar-refractivity contribution in [1.82, 2.24) is 0 Å². The summed E-state index contributed by atoms with van der Waals surface area (Å²) in [7, 11) is 0. The van der Waals surface area contributed by atoms with Crippen LogP contribution in [0.1, 0.15) is 77.8 Å². The quantitative estimate of drug-likeness (QED) is 0.463. The van der Waals surface area contributed by atoms with Gasteiger partial charge >= 0.3 is 11.9 Å². The zero-order valence-electron chi connectivity index (χ0n) is 16.2. The van der Waals surface area contributed by atoms with Gasteiger partial charge in [0.05, 0.1) is 17.2 Å². The number of oxime groups is 1. The van der Waals surface area contributed by atoms with Crippen LogP contribution in [0.25, 0.3) is 0 Å². The van der Waals surface area contributed by atoms with Crippen LogP contribution >= 0.6 is 0 Å². The third-order valence-corrected chi connectivity index (χ3v) is 5.77. The molecule has 3 unspecified atom stereocenters. The van der Waals surface area contributed by atoms with Crippen molar-refractivity contribution in [2.75, 3.05) is 0 Å². The predicted octanol–water partition coefficient (Wildman–Crippen LogP) is 4.69. The monoisotopic (exact) mass is 393 g/mol. The van der Waals surface area contributed by atoms with Crippen LogP contribution < -0.4 is 0 Å². The van der Waals surface area contributed by atoms with Gasteiger partial charge in [0, 0.05) is 5.56 Å². The van der Waals surface area contributed by atoms with Gasteiger partial charge in [0.15, 0.2) is 0 Å². The molecule has 1 N–H and O–H groups in total. The van der Waals surface area contributed by atoms with E-state index in [0.29, 0.717) is 17.0 Å². The molecule has 1 aliphatic heterocycles. The number of esters is 2. The van der Waals surface area contributed by atoms with Crippen LogP contribution in [0.5, 0.6) is 0 Å². The molecular weight excluding hydrogens is 370 g/mol. The number of hydrogen-bond acceptors (Lipinski definition) is 6. The molecule has 29 heavy (non-hydrogen) atoms. The van der Waals surface area contributed by atoms with E-state index in [1.165, 1.54) is 5.56 Å². The van der Waals surface area contributed by atoms with E-state index in [1.54, 1.807) is 31.2 Å². The molecule has 1 heterocycles. The Morgan fingerprint density at radius 2 is 1.97 bits per heavy atom. The molecule has 0 radical (unpaired) electrons. The highest BCUT2D eigenvalue weighted by Gasteiger charge is 2.34. The summed E-state index contributed by atoms with van der Waals surface area (Å²) in [5.41, 5.74) is 3.86. The fraction of sp³-hybridized carbons (Fsp3) is 0.348. The fourth-order valence-electron chi connectivity index (χ4n) is 4.02. The normalized spacial score (nSPS) is 23.3. The van der Waals surface area contributed by atoms with Gasteiger partial charge in [0.2, 0.25) is 0 Å². The van der Waals surface area contributed by atoms with Crippen molar-refractivity contribution in [2.45, 2.75) is 50.7 Å². The first-order valence-electron chi connectivity index (χ1n) is 9.87. The second-order valence-corrected chi connectivity index (χ2v) is 7.61. The van der Waals surface area contributed by atoms with Crippen LogP contribution in [0.2, 0.25) is 0 Å². The maximum absolute atomic E-state index is 12.6. The SMILES string of the molecule is CC(C(=O)OC1OC(=O)c2ccccc21)c1ccc(C2CCCC(=NO)C2)cc1. The third-order valence-electron chi connectivity index (χ3n) is 5.77. The van der Waals surface area contributed by atoms with Crippen molar-refractivity contribution < 1.29 is 24.3 Å². The summed E-state index contributed by atoms with van der Waals surface area (Å²) >= 11 is 0. The predicted molar refractivity (Wildman–Crippen MR) is 106 cm³/mol. The number of carbonyl (C=O) groups excluding carboxylic acids is 2. The van der Waals surface area contributed by atoms with Crippen LogP contribution in [0.15, 0.2) is 53.7 Å². The number of ether oxygens (including phenoxy) is 2. The number of rotatable bonds is 4. The topological polar surface area (TPSA) is 85.2 Å². The zero-order valence-corrected chi connectivity index (χ0v) is 16.2. The summed E-state index contributed by atoms with van der Waals surface area (Å²) < 4.78 is 10.7. The van der Waals surface area contributed by atoms with E-state index < -0.39 is 24.1 Å². The van der Waals surface area contributed by atoms with E-state index in [1.807, 2.05) is 24.3 Å². The first-order valence-corrected chi connectivity index (χ1v) is 9.87. The summed E-state index contributed by atoms with van der Waals surface area (Å²) in [4.78, 5) is 24.5. The van der Waals surface area contributed by atoms with Gasteiger partial charge in [-0.15, -0.1) is 0 Å². The average molecular weight is 393 g/mol. The number of nitrogens with zero attached hydrogens (tertiary/aromatic N) is 1. The Kier molecular flexibility index (Phi) is 5.34. The maximum atomic E-state index is 12.6. The highest BCUT2D eigenvalue weighted by atomic mass is 16.7. The number of benzene rings is 2. The molecule has 1 saturated carbocycles. The summed E-state index contributed by atoms with van der Waals surface area (Å²) in [5.74, 6) is -1.08. The van der Waals surface area contributed by atoms with Gasteiger partial charge < -0.3 is 14.7 Å². The Bertz CT molecular complexity index is 950. The molecule has 0 aromatic heterocycles. The highest BCUT2D eigenvalue weighted by Crippen LogP contribution is 2.34. The van der Waals surface area contributed by atoms with Crippen molar-refractivity contribution in [2.24, 2.45) is 5.16 Å². The number of cyclic esters (lactones) is 1. The second kappa shape index (κ2) is 8.07. The van der Waals surface area contributed by atoms with Gasteiger partial charge in [-0.05, 0) is 55.7 Å². The van der Waals surface area contributed by atoms with Crippen molar-refractivity contribution >= 4 is 17.7 Å². The fourth-order valence-corrected chi connectivity index (χ4v) is 4.02. The van der Waals surface area contributed by atoms with E-state index in [0.717, 1.165) is 37.0 Å². The number of hydrogen-bond donors (Lipinski definition) is 1. The molecule has 6 heteroatoms. The lowest BCUT2D eigenvalue weighted by Gasteiger charge is -2.23. The van der Waals surface area contributed by atoms with E-state index in [2.05, 4.69) is 5.16 Å². The Labute approximate surface area is 169 Å². The minimum absolute atomic E-state index is 0.334. The third kappa shape index (κ3) is 3.88. The summed E-state index contributed by atoms with van der Waals surface area (Å²) in [6.45, 7) is 1.77. The molecule has 4 rings (SSSR count). The zero-order chi connectivity index (χ0) is 20.4. The van der Waals surface area contributed by atoms with E-state index in [-0.39, 0.29) is 0 Å². The number of fused-ring (bicyclic) bond motifs is 1. The molecular formula is C23H23NO5. The van der Waals surface area contributed by atoms with Gasteiger partial charge in [0.1, 0.15) is 0 Å². The van der Waals surface area contributed by atoms with Crippen LogP contribution in [0.4, 0.5) is 0 Å². The molecule has 1 aliphatic carbocycles. The van der Waals surface area contributed by atoms with Gasteiger partial charge in [-0.3, -0.25) is 4.79 Å². The molecule has 0 amide bonds. The van der Waals surface area contributed by atoms with Gasteiger partial charge in [0.25, 0.3) is 6.29 Å². The standard InChI is InChI=1S/C23H23NO5/c1-14(21(25)28-23-20-8-3-2-7-19(20)22(26)29-23)15-9-11-16(12-10-15)17-5-4-6-18(13-17)24-27/h2-3,7-12,14,17,23,27H,4-6,13H2,1H3. The van der Waals surface area contributed by atoms with Gasteiger partial charge in [-0.2, -0.15) is 0 Å². The van der Waals surface area contributed by atoms with Gasteiger partial charge in [-0.25, -0.2) is 4.79 Å². The molecule has 3 atom stereocenters. The molecule has 2 aromatic rings. The lowest BCUT2D eigenvalue weighted by molar-refractivity contribution is -0.169. The lowest BCUT2D eigenvalue weighted by atomic mass is 9.82. The summed E-state index contributed by atoms with van der Waals surface area (Å²) in [6.07, 6.45) is 2.69. The smallest absolute Gasteiger partial charge is 0.342 e. The molecule has 2 aromatic carbocycles. The van der Waals surface area contributed by atoms with Gasteiger partial charge in [-0.1, -0.05) is 47.6 Å². The molecule has 0 spiro atoms. The van der Waals surface area contributed by atoms with E-state index in [9.17, 15) is 9.59 Å². The van der Waals surface area contributed by atoms with Crippen LogP contribution in [-0.4, -0.2) is 22.9 Å². The van der Waals surface area contributed by atoms with Crippen molar-refractivity contribution in [3.63, 3.8) is 0 Å². The average Bonchev–Trinajstić information content (AvgIpc) is 3.09. The van der Waals surface area contributed by atoms with E-state index in [4.69, 9.17) is 14.7 Å². The summed E-state index contributed by atoms with van der Waals surface area (Å²) in [6, 6.07) is 14.8. The first kappa shape index (κ1) is 19.2. The second-order valence-electron chi connectivity index (χ2n) is 7.61. The Morgan fingerprint density at radius 1 is 1.21 bits per heavy atom.